The summed E-state index contributed by atoms with van der Waals surface area (Å²) in [5.41, 5.74) is 0. The standard InChI is InChI=1S/C10H14N2O3S/c1-2-3-8-15-11-7-6-9-4-5-10(16-9)12(13)14/h4-5,7H,2-3,6,8H2,1H3. The molecule has 0 aliphatic carbocycles. The van der Waals surface area contributed by atoms with E-state index < -0.39 is 0 Å². The van der Waals surface area contributed by atoms with Gasteiger partial charge in [0.05, 0.1) is 4.92 Å². The molecular formula is C10H14N2O3S. The number of oxime groups is 1. The summed E-state index contributed by atoms with van der Waals surface area (Å²) in [5, 5.41) is 14.4. The highest BCUT2D eigenvalue weighted by molar-refractivity contribution is 7.15. The topological polar surface area (TPSA) is 64.7 Å². The zero-order chi connectivity index (χ0) is 11.8. The number of hydrogen-bond acceptors (Lipinski definition) is 5. The number of unbranched alkanes of at least 4 members (excludes halogenated alkanes) is 1. The third-order valence-electron chi connectivity index (χ3n) is 1.86. The number of hydrogen-bond donors (Lipinski definition) is 0. The van der Waals surface area contributed by atoms with E-state index in [4.69, 9.17) is 4.84 Å². The van der Waals surface area contributed by atoms with Crippen molar-refractivity contribution in [2.24, 2.45) is 5.16 Å². The predicted molar refractivity (Wildman–Crippen MR) is 64.0 cm³/mol. The first-order valence-corrected chi connectivity index (χ1v) is 5.92. The van der Waals surface area contributed by atoms with Crippen molar-refractivity contribution in [1.82, 2.24) is 0 Å². The van der Waals surface area contributed by atoms with Crippen LogP contribution in [0.2, 0.25) is 0 Å². The summed E-state index contributed by atoms with van der Waals surface area (Å²) in [4.78, 5) is 15.9. The Bertz CT molecular complexity index is 363. The second kappa shape index (κ2) is 6.95. The lowest BCUT2D eigenvalue weighted by atomic mass is 10.4. The minimum atomic E-state index is -0.386. The zero-order valence-electron chi connectivity index (χ0n) is 9.09. The van der Waals surface area contributed by atoms with Gasteiger partial charge in [-0.05, 0) is 12.5 Å². The molecule has 0 unspecified atom stereocenters. The van der Waals surface area contributed by atoms with Crippen LogP contribution in [0.25, 0.3) is 0 Å². The van der Waals surface area contributed by atoms with Crippen LogP contribution in [0.4, 0.5) is 5.00 Å². The van der Waals surface area contributed by atoms with Gasteiger partial charge in [0.15, 0.2) is 0 Å². The summed E-state index contributed by atoms with van der Waals surface area (Å²) in [6.45, 7) is 2.70. The Morgan fingerprint density at radius 2 is 2.44 bits per heavy atom. The molecule has 1 aromatic rings. The monoisotopic (exact) mass is 242 g/mol. The molecule has 0 saturated heterocycles. The molecule has 0 aliphatic heterocycles. The van der Waals surface area contributed by atoms with Gasteiger partial charge in [0.2, 0.25) is 0 Å². The molecule has 0 saturated carbocycles. The van der Waals surface area contributed by atoms with Crippen molar-refractivity contribution in [3.8, 4) is 0 Å². The fraction of sp³-hybridized carbons (Fsp3) is 0.500. The first-order valence-electron chi connectivity index (χ1n) is 5.11. The Kier molecular flexibility index (Phi) is 5.49. The second-order valence-corrected chi connectivity index (χ2v) is 4.32. The summed E-state index contributed by atoms with van der Waals surface area (Å²) in [5.74, 6) is 0. The molecule has 6 heteroatoms. The van der Waals surface area contributed by atoms with E-state index >= 15 is 0 Å². The van der Waals surface area contributed by atoms with Crippen LogP contribution in [-0.4, -0.2) is 17.7 Å². The van der Waals surface area contributed by atoms with Crippen LogP contribution in [0.3, 0.4) is 0 Å². The normalized spacial score (nSPS) is 10.8. The van der Waals surface area contributed by atoms with E-state index in [1.807, 2.05) is 0 Å². The van der Waals surface area contributed by atoms with Crippen LogP contribution in [0, 0.1) is 10.1 Å². The van der Waals surface area contributed by atoms with E-state index in [1.165, 1.54) is 6.07 Å². The Hall–Kier alpha value is -1.43. The maximum absolute atomic E-state index is 10.4. The van der Waals surface area contributed by atoms with Gasteiger partial charge in [0.1, 0.15) is 6.61 Å². The fourth-order valence-electron chi connectivity index (χ4n) is 1.02. The van der Waals surface area contributed by atoms with Gasteiger partial charge in [-0.25, -0.2) is 0 Å². The lowest BCUT2D eigenvalue weighted by Gasteiger charge is -1.94. The highest BCUT2D eigenvalue weighted by Gasteiger charge is 2.08. The number of nitro groups is 1. The van der Waals surface area contributed by atoms with Gasteiger partial charge >= 0.3 is 5.00 Å². The Labute approximate surface area is 97.9 Å². The molecule has 0 radical (unpaired) electrons. The van der Waals surface area contributed by atoms with Crippen molar-refractivity contribution in [2.45, 2.75) is 26.2 Å². The molecule has 0 N–H and O–H groups in total. The van der Waals surface area contributed by atoms with Gasteiger partial charge in [-0.1, -0.05) is 29.8 Å². The van der Waals surface area contributed by atoms with Gasteiger partial charge in [-0.15, -0.1) is 0 Å². The van der Waals surface area contributed by atoms with Crippen LogP contribution in [0.5, 0.6) is 0 Å². The molecule has 1 rings (SSSR count). The maximum Gasteiger partial charge on any atom is 0.324 e. The molecule has 0 fully saturated rings. The molecular weight excluding hydrogens is 228 g/mol. The van der Waals surface area contributed by atoms with E-state index in [0.717, 1.165) is 29.1 Å². The van der Waals surface area contributed by atoms with E-state index in [-0.39, 0.29) is 9.92 Å². The summed E-state index contributed by atoms with van der Waals surface area (Å²) in [6.07, 6.45) is 4.27. The smallest absolute Gasteiger partial charge is 0.324 e. The lowest BCUT2D eigenvalue weighted by molar-refractivity contribution is -0.380. The Morgan fingerprint density at radius 3 is 3.06 bits per heavy atom. The molecule has 5 nitrogen and oxygen atoms in total. The molecule has 1 aromatic heterocycles. The lowest BCUT2D eigenvalue weighted by Crippen LogP contribution is -1.88. The van der Waals surface area contributed by atoms with Gasteiger partial charge in [0, 0.05) is 23.6 Å². The average Bonchev–Trinajstić information content (AvgIpc) is 2.72. The third kappa shape index (κ3) is 4.39. The van der Waals surface area contributed by atoms with Crippen LogP contribution in [0.15, 0.2) is 17.3 Å². The molecule has 0 aromatic carbocycles. The summed E-state index contributed by atoms with van der Waals surface area (Å²) < 4.78 is 0. The Balaban J connectivity index is 2.28. The molecule has 0 aliphatic rings. The van der Waals surface area contributed by atoms with E-state index in [2.05, 4.69) is 12.1 Å². The molecule has 0 bridgehead atoms. The van der Waals surface area contributed by atoms with Crippen molar-refractivity contribution >= 4 is 22.6 Å². The van der Waals surface area contributed by atoms with Crippen molar-refractivity contribution < 1.29 is 9.76 Å². The molecule has 88 valence electrons. The highest BCUT2D eigenvalue weighted by Crippen LogP contribution is 2.23. The fourth-order valence-corrected chi connectivity index (χ4v) is 1.79. The van der Waals surface area contributed by atoms with Crippen LogP contribution >= 0.6 is 11.3 Å². The average molecular weight is 242 g/mol. The molecule has 16 heavy (non-hydrogen) atoms. The first kappa shape index (κ1) is 12.6. The highest BCUT2D eigenvalue weighted by atomic mass is 32.1. The van der Waals surface area contributed by atoms with Gasteiger partial charge in [-0.2, -0.15) is 0 Å². The third-order valence-corrected chi connectivity index (χ3v) is 2.92. The van der Waals surface area contributed by atoms with Gasteiger partial charge in [0.25, 0.3) is 0 Å². The van der Waals surface area contributed by atoms with Gasteiger partial charge < -0.3 is 4.84 Å². The van der Waals surface area contributed by atoms with E-state index in [0.29, 0.717) is 13.0 Å². The summed E-state index contributed by atoms with van der Waals surface area (Å²) >= 11 is 1.16. The number of rotatable bonds is 7. The SMILES string of the molecule is CCCCON=CCc1ccc([N+](=O)[O-])s1. The minimum absolute atomic E-state index is 0.162. The number of nitrogens with zero attached hydrogens (tertiary/aromatic N) is 2. The van der Waals surface area contributed by atoms with E-state index in [9.17, 15) is 10.1 Å². The van der Waals surface area contributed by atoms with Crippen molar-refractivity contribution in [2.75, 3.05) is 6.61 Å². The predicted octanol–water partition coefficient (Wildman–Crippen LogP) is 3.00. The first-order chi connectivity index (χ1) is 7.74. The molecule has 0 spiro atoms. The molecule has 1 heterocycles. The second-order valence-electron chi connectivity index (χ2n) is 3.18. The van der Waals surface area contributed by atoms with Crippen LogP contribution < -0.4 is 0 Å². The van der Waals surface area contributed by atoms with Crippen molar-refractivity contribution in [3.05, 3.63) is 27.1 Å². The Morgan fingerprint density at radius 1 is 1.62 bits per heavy atom. The zero-order valence-corrected chi connectivity index (χ0v) is 9.90. The van der Waals surface area contributed by atoms with Crippen LogP contribution in [-0.2, 0) is 11.3 Å². The summed E-state index contributed by atoms with van der Waals surface area (Å²) in [7, 11) is 0. The largest absolute Gasteiger partial charge is 0.396 e. The maximum atomic E-state index is 10.4. The molecule has 0 amide bonds. The van der Waals surface area contributed by atoms with Crippen LogP contribution in [0.1, 0.15) is 24.6 Å². The van der Waals surface area contributed by atoms with Crippen molar-refractivity contribution in [1.29, 1.82) is 0 Å². The summed E-state index contributed by atoms with van der Waals surface area (Å²) in [6, 6.07) is 3.24. The number of thiophene rings is 1. The van der Waals surface area contributed by atoms with E-state index in [1.54, 1.807) is 12.3 Å². The molecule has 0 atom stereocenters. The van der Waals surface area contributed by atoms with Crippen molar-refractivity contribution in [3.63, 3.8) is 0 Å². The quantitative estimate of drug-likeness (QED) is 0.319. The minimum Gasteiger partial charge on any atom is -0.396 e. The van der Waals surface area contributed by atoms with Gasteiger partial charge in [-0.3, -0.25) is 10.1 Å².